The Morgan fingerprint density at radius 1 is 1.47 bits per heavy atom. The molecular weight excluding hydrogens is 314 g/mol. The van der Waals surface area contributed by atoms with Crippen molar-refractivity contribution in [2.75, 3.05) is 11.9 Å². The minimum atomic E-state index is -1.07. The first kappa shape index (κ1) is 14.7. The van der Waals surface area contributed by atoms with Crippen molar-refractivity contribution < 1.29 is 14.7 Å². The first-order valence-electron chi connectivity index (χ1n) is 5.17. The van der Waals surface area contributed by atoms with Gasteiger partial charge in [0, 0.05) is 22.8 Å². The van der Waals surface area contributed by atoms with E-state index in [9.17, 15) is 9.59 Å². The highest BCUT2D eigenvalue weighted by Gasteiger charge is 2.03. The number of nitrogens with zero attached hydrogens (tertiary/aromatic N) is 1. The van der Waals surface area contributed by atoms with Crippen molar-refractivity contribution in [2.24, 2.45) is 0 Å². The second-order valence-electron chi connectivity index (χ2n) is 3.38. The maximum atomic E-state index is 11.4. The summed E-state index contributed by atoms with van der Waals surface area (Å²) < 4.78 is 0.582. The smallest absolute Gasteiger partial charge is 0.328 e. The van der Waals surface area contributed by atoms with Gasteiger partial charge in [-0.1, -0.05) is 6.08 Å². The third-order valence-electron chi connectivity index (χ3n) is 1.99. The number of rotatable bonds is 4. The topological polar surface area (TPSA) is 102 Å². The normalized spacial score (nSPS) is 9.89. The minimum absolute atomic E-state index is 0.107. The summed E-state index contributed by atoms with van der Waals surface area (Å²) in [6.45, 7) is 0.107. The number of nitriles is 1. The molecule has 7 heteroatoms. The average molecular weight is 324 g/mol. The highest BCUT2D eigenvalue weighted by molar-refractivity contribution is 9.10. The lowest BCUT2D eigenvalue weighted by atomic mass is 10.2. The van der Waals surface area contributed by atoms with Crippen molar-refractivity contribution >= 4 is 33.6 Å². The van der Waals surface area contributed by atoms with Crippen molar-refractivity contribution in [1.82, 2.24) is 5.32 Å². The van der Waals surface area contributed by atoms with Crippen molar-refractivity contribution in [3.8, 4) is 6.07 Å². The van der Waals surface area contributed by atoms with Gasteiger partial charge in [0.2, 0.25) is 0 Å². The van der Waals surface area contributed by atoms with Gasteiger partial charge in [0.15, 0.2) is 0 Å². The maximum Gasteiger partial charge on any atom is 0.328 e. The van der Waals surface area contributed by atoms with Crippen LogP contribution in [0.5, 0.6) is 0 Å². The van der Waals surface area contributed by atoms with E-state index in [-0.39, 0.29) is 6.54 Å². The van der Waals surface area contributed by atoms with Crippen LogP contribution in [-0.4, -0.2) is 23.7 Å². The van der Waals surface area contributed by atoms with Gasteiger partial charge >= 0.3 is 12.0 Å². The summed E-state index contributed by atoms with van der Waals surface area (Å²) >= 11 is 3.21. The van der Waals surface area contributed by atoms with E-state index in [1.807, 2.05) is 6.07 Å². The predicted octanol–water partition coefficient (Wildman–Crippen LogP) is 2.08. The number of nitrogens with one attached hydrogen (secondary N) is 2. The van der Waals surface area contributed by atoms with Crippen LogP contribution in [0.25, 0.3) is 0 Å². The maximum absolute atomic E-state index is 11.4. The van der Waals surface area contributed by atoms with E-state index >= 15 is 0 Å². The number of hydrogen-bond donors (Lipinski definition) is 3. The van der Waals surface area contributed by atoms with Crippen LogP contribution in [0.1, 0.15) is 5.56 Å². The van der Waals surface area contributed by atoms with Gasteiger partial charge < -0.3 is 15.7 Å². The zero-order valence-corrected chi connectivity index (χ0v) is 11.3. The van der Waals surface area contributed by atoms with E-state index < -0.39 is 12.0 Å². The monoisotopic (exact) mass is 323 g/mol. The lowest BCUT2D eigenvalue weighted by Crippen LogP contribution is -2.28. The SMILES string of the molecule is N#Cc1ccc(NC(=O)NC/C=C/C(=O)O)cc1Br. The third-order valence-corrected chi connectivity index (χ3v) is 2.64. The van der Waals surface area contributed by atoms with Gasteiger partial charge in [-0.25, -0.2) is 9.59 Å². The zero-order chi connectivity index (χ0) is 14.3. The molecule has 0 aliphatic rings. The minimum Gasteiger partial charge on any atom is -0.478 e. The fraction of sp³-hybridized carbons (Fsp3) is 0.0833. The van der Waals surface area contributed by atoms with Crippen molar-refractivity contribution in [2.45, 2.75) is 0 Å². The van der Waals surface area contributed by atoms with Crippen LogP contribution in [0.3, 0.4) is 0 Å². The van der Waals surface area contributed by atoms with Gasteiger partial charge in [0.25, 0.3) is 0 Å². The molecule has 0 aliphatic heterocycles. The predicted molar refractivity (Wildman–Crippen MR) is 72.7 cm³/mol. The second kappa shape index (κ2) is 7.18. The third kappa shape index (κ3) is 5.23. The Labute approximate surface area is 117 Å². The number of aliphatic carboxylic acids is 1. The highest BCUT2D eigenvalue weighted by atomic mass is 79.9. The lowest BCUT2D eigenvalue weighted by molar-refractivity contribution is -0.131. The molecule has 0 heterocycles. The number of carbonyl (C=O) groups excluding carboxylic acids is 1. The van der Waals surface area contributed by atoms with Crippen LogP contribution in [0, 0.1) is 11.3 Å². The van der Waals surface area contributed by atoms with Gasteiger partial charge in [-0.15, -0.1) is 0 Å². The summed E-state index contributed by atoms with van der Waals surface area (Å²) in [5, 5.41) is 22.1. The molecule has 1 rings (SSSR count). The summed E-state index contributed by atoms with van der Waals surface area (Å²) in [6.07, 6.45) is 2.26. The Balaban J connectivity index is 2.51. The van der Waals surface area contributed by atoms with Crippen LogP contribution in [0.15, 0.2) is 34.8 Å². The van der Waals surface area contributed by atoms with Gasteiger partial charge in [-0.05, 0) is 34.1 Å². The Morgan fingerprint density at radius 2 is 2.21 bits per heavy atom. The molecule has 0 saturated heterocycles. The molecule has 6 nitrogen and oxygen atoms in total. The Bertz CT molecular complexity index is 564. The molecule has 0 bridgehead atoms. The van der Waals surface area contributed by atoms with Gasteiger partial charge in [0.1, 0.15) is 6.07 Å². The van der Waals surface area contributed by atoms with Crippen LogP contribution >= 0.6 is 15.9 Å². The first-order valence-corrected chi connectivity index (χ1v) is 5.96. The molecule has 0 fully saturated rings. The van der Waals surface area contributed by atoms with E-state index in [0.29, 0.717) is 15.7 Å². The molecule has 0 radical (unpaired) electrons. The summed E-state index contributed by atoms with van der Waals surface area (Å²) in [5.74, 6) is -1.07. The molecule has 1 aromatic carbocycles. The fourth-order valence-electron chi connectivity index (χ4n) is 1.17. The molecule has 0 aromatic heterocycles. The van der Waals surface area contributed by atoms with Gasteiger partial charge in [-0.2, -0.15) is 5.26 Å². The molecular formula is C12H10BrN3O3. The molecule has 0 saturated carbocycles. The zero-order valence-electron chi connectivity index (χ0n) is 9.68. The van der Waals surface area contributed by atoms with E-state index in [1.165, 1.54) is 6.08 Å². The quantitative estimate of drug-likeness (QED) is 0.738. The van der Waals surface area contributed by atoms with Gasteiger partial charge in [-0.3, -0.25) is 0 Å². The van der Waals surface area contributed by atoms with Crippen molar-refractivity contribution in [1.29, 1.82) is 5.26 Å². The van der Waals surface area contributed by atoms with Crippen LogP contribution in [0.4, 0.5) is 10.5 Å². The number of benzene rings is 1. The van der Waals surface area contributed by atoms with Crippen LogP contribution in [-0.2, 0) is 4.79 Å². The van der Waals surface area contributed by atoms with E-state index in [1.54, 1.807) is 18.2 Å². The van der Waals surface area contributed by atoms with Gasteiger partial charge in [0.05, 0.1) is 5.56 Å². The number of amides is 2. The van der Waals surface area contributed by atoms with E-state index in [2.05, 4.69) is 26.6 Å². The molecule has 0 aliphatic carbocycles. The Kier molecular flexibility index (Phi) is 5.57. The summed E-state index contributed by atoms with van der Waals surface area (Å²) in [4.78, 5) is 21.6. The number of halogens is 1. The molecule has 3 N–H and O–H groups in total. The number of carboxylic acids is 1. The van der Waals surface area contributed by atoms with E-state index in [4.69, 9.17) is 10.4 Å². The highest BCUT2D eigenvalue weighted by Crippen LogP contribution is 2.20. The second-order valence-corrected chi connectivity index (χ2v) is 4.24. The standard InChI is InChI=1S/C12H10BrN3O3/c13-10-6-9(4-3-8(10)7-14)16-12(19)15-5-1-2-11(17)18/h1-4,6H,5H2,(H,17,18)(H2,15,16,19)/b2-1+. The first-order chi connectivity index (χ1) is 9.02. The number of carboxylic acid groups (broad SMARTS) is 1. The number of anilines is 1. The number of hydrogen-bond acceptors (Lipinski definition) is 3. The Morgan fingerprint density at radius 3 is 2.79 bits per heavy atom. The average Bonchev–Trinajstić information content (AvgIpc) is 2.35. The van der Waals surface area contributed by atoms with Crippen LogP contribution < -0.4 is 10.6 Å². The fourth-order valence-corrected chi connectivity index (χ4v) is 1.64. The summed E-state index contributed by atoms with van der Waals surface area (Å²) in [6, 6.07) is 6.29. The summed E-state index contributed by atoms with van der Waals surface area (Å²) in [7, 11) is 0. The molecule has 2 amide bonds. The number of carbonyl (C=O) groups is 2. The van der Waals surface area contributed by atoms with Crippen molar-refractivity contribution in [3.05, 3.63) is 40.4 Å². The molecule has 0 spiro atoms. The summed E-state index contributed by atoms with van der Waals surface area (Å²) in [5.41, 5.74) is 0.987. The van der Waals surface area contributed by atoms with Crippen molar-refractivity contribution in [3.63, 3.8) is 0 Å². The Hall–Kier alpha value is -2.33. The number of urea groups is 1. The van der Waals surface area contributed by atoms with Crippen LogP contribution in [0.2, 0.25) is 0 Å². The molecule has 19 heavy (non-hydrogen) atoms. The molecule has 98 valence electrons. The lowest BCUT2D eigenvalue weighted by Gasteiger charge is -2.06. The molecule has 1 aromatic rings. The molecule has 0 unspecified atom stereocenters. The largest absolute Gasteiger partial charge is 0.478 e. The van der Waals surface area contributed by atoms with E-state index in [0.717, 1.165) is 6.08 Å². The molecule has 0 atom stereocenters.